The van der Waals surface area contributed by atoms with Crippen LogP contribution in [0.25, 0.3) is 0 Å². The fourth-order valence-corrected chi connectivity index (χ4v) is 1.44. The number of hydrogen-bond acceptors (Lipinski definition) is 4. The summed E-state index contributed by atoms with van der Waals surface area (Å²) in [7, 11) is 0. The maximum Gasteiger partial charge on any atom is 0.305 e. The number of ether oxygens (including phenoxy) is 2. The molecule has 0 saturated carbocycles. The molecule has 19 heavy (non-hydrogen) atoms. The first-order chi connectivity index (χ1) is 9.02. The summed E-state index contributed by atoms with van der Waals surface area (Å²) in [6.07, 6.45) is 0. The van der Waals surface area contributed by atoms with Crippen LogP contribution in [0.5, 0.6) is 0 Å². The molecule has 0 fully saturated rings. The average molecular weight is 271 g/mol. The fourth-order valence-electron chi connectivity index (χ4n) is 1.44. The smallest absolute Gasteiger partial charge is 0.305 e. The first kappa shape index (κ1) is 15.5. The number of nitrogens with zero attached hydrogens (tertiary/aromatic N) is 1. The summed E-state index contributed by atoms with van der Waals surface area (Å²) in [4.78, 5) is 9.81. The van der Waals surface area contributed by atoms with E-state index >= 15 is 0 Å². The Kier molecular flexibility index (Phi) is 6.38. The maximum absolute atomic E-state index is 13.7. The van der Waals surface area contributed by atoms with Gasteiger partial charge in [0.25, 0.3) is 0 Å². The van der Waals surface area contributed by atoms with Crippen molar-refractivity contribution in [3.8, 4) is 0 Å². The Balaban J connectivity index is 2.37. The summed E-state index contributed by atoms with van der Waals surface area (Å²) >= 11 is 0. The summed E-state index contributed by atoms with van der Waals surface area (Å²) in [5.41, 5.74) is -0.352. The van der Waals surface area contributed by atoms with Crippen molar-refractivity contribution in [2.75, 3.05) is 19.8 Å². The van der Waals surface area contributed by atoms with Crippen molar-refractivity contribution in [2.24, 2.45) is 5.92 Å². The summed E-state index contributed by atoms with van der Waals surface area (Å²) in [6.45, 7) is 5.48. The highest BCUT2D eigenvalue weighted by atomic mass is 19.1. The van der Waals surface area contributed by atoms with Crippen LogP contribution in [0.15, 0.2) is 18.2 Å². The number of nitro groups is 1. The summed E-state index contributed by atoms with van der Waals surface area (Å²) in [5, 5.41) is 10.6. The zero-order chi connectivity index (χ0) is 14.3. The molecule has 0 aliphatic heterocycles. The van der Waals surface area contributed by atoms with E-state index in [4.69, 9.17) is 9.47 Å². The van der Waals surface area contributed by atoms with Crippen LogP contribution in [0.3, 0.4) is 0 Å². The summed E-state index contributed by atoms with van der Waals surface area (Å²) in [6, 6.07) is 4.04. The van der Waals surface area contributed by atoms with Crippen LogP contribution in [0.4, 0.5) is 10.1 Å². The van der Waals surface area contributed by atoms with E-state index in [9.17, 15) is 14.5 Å². The first-order valence-corrected chi connectivity index (χ1v) is 6.09. The molecule has 106 valence electrons. The van der Waals surface area contributed by atoms with Gasteiger partial charge in [-0.1, -0.05) is 26.0 Å². The molecule has 1 rings (SSSR count). The van der Waals surface area contributed by atoms with E-state index in [-0.39, 0.29) is 12.2 Å². The largest absolute Gasteiger partial charge is 0.379 e. The number of halogens is 1. The Bertz CT molecular complexity index is 423. The zero-order valence-corrected chi connectivity index (χ0v) is 11.1. The van der Waals surface area contributed by atoms with Crippen molar-refractivity contribution in [2.45, 2.75) is 20.5 Å². The van der Waals surface area contributed by atoms with Crippen molar-refractivity contribution in [3.05, 3.63) is 39.7 Å². The van der Waals surface area contributed by atoms with E-state index in [1.54, 1.807) is 0 Å². The molecule has 0 aliphatic carbocycles. The lowest BCUT2D eigenvalue weighted by molar-refractivity contribution is -0.387. The molecule has 1 aromatic rings. The Hall–Kier alpha value is -1.53. The molecule has 0 saturated heterocycles. The van der Waals surface area contributed by atoms with Crippen LogP contribution in [-0.4, -0.2) is 24.7 Å². The van der Waals surface area contributed by atoms with Crippen LogP contribution in [0, 0.1) is 21.8 Å². The lowest BCUT2D eigenvalue weighted by Gasteiger charge is -2.08. The minimum absolute atomic E-state index is 0.00144. The van der Waals surface area contributed by atoms with Crippen molar-refractivity contribution >= 4 is 5.69 Å². The monoisotopic (exact) mass is 271 g/mol. The Morgan fingerprint density at radius 2 is 2.00 bits per heavy atom. The van der Waals surface area contributed by atoms with Gasteiger partial charge in [0.1, 0.15) is 0 Å². The molecule has 0 aliphatic rings. The van der Waals surface area contributed by atoms with Gasteiger partial charge in [0.2, 0.25) is 5.82 Å². The van der Waals surface area contributed by atoms with Gasteiger partial charge in [0, 0.05) is 18.2 Å². The van der Waals surface area contributed by atoms with Crippen LogP contribution >= 0.6 is 0 Å². The second-order valence-corrected chi connectivity index (χ2v) is 4.53. The van der Waals surface area contributed by atoms with Crippen molar-refractivity contribution in [3.63, 3.8) is 0 Å². The van der Waals surface area contributed by atoms with E-state index in [2.05, 4.69) is 0 Å². The van der Waals surface area contributed by atoms with Gasteiger partial charge < -0.3 is 9.47 Å². The summed E-state index contributed by atoms with van der Waals surface area (Å²) < 4.78 is 24.2. The molecule has 0 aromatic heterocycles. The number of hydrogen-bond donors (Lipinski definition) is 0. The second kappa shape index (κ2) is 7.81. The van der Waals surface area contributed by atoms with Gasteiger partial charge in [-0.2, -0.15) is 4.39 Å². The van der Waals surface area contributed by atoms with E-state index < -0.39 is 16.4 Å². The zero-order valence-electron chi connectivity index (χ0n) is 11.1. The molecule has 0 unspecified atom stereocenters. The number of nitro benzene ring substituents is 1. The predicted octanol–water partition coefficient (Wildman–Crippen LogP) is 2.92. The third-order valence-corrected chi connectivity index (χ3v) is 2.34. The number of benzene rings is 1. The van der Waals surface area contributed by atoms with Gasteiger partial charge in [-0.3, -0.25) is 10.1 Å². The molecule has 0 spiro atoms. The number of rotatable bonds is 8. The fraction of sp³-hybridized carbons (Fsp3) is 0.538. The van der Waals surface area contributed by atoms with Gasteiger partial charge in [-0.25, -0.2) is 0 Å². The van der Waals surface area contributed by atoms with Crippen LogP contribution in [0.1, 0.15) is 19.4 Å². The second-order valence-electron chi connectivity index (χ2n) is 4.53. The summed E-state index contributed by atoms with van der Waals surface area (Å²) in [5.74, 6) is -0.384. The molecular formula is C13H18FNO4. The highest BCUT2D eigenvalue weighted by Crippen LogP contribution is 2.20. The molecule has 5 nitrogen and oxygen atoms in total. The van der Waals surface area contributed by atoms with Crippen molar-refractivity contribution in [1.82, 2.24) is 0 Å². The lowest BCUT2D eigenvalue weighted by atomic mass is 10.2. The molecule has 0 bridgehead atoms. The lowest BCUT2D eigenvalue weighted by Crippen LogP contribution is -2.09. The third-order valence-electron chi connectivity index (χ3n) is 2.34. The minimum atomic E-state index is -0.837. The normalized spacial score (nSPS) is 10.9. The van der Waals surface area contributed by atoms with Crippen molar-refractivity contribution in [1.29, 1.82) is 0 Å². The van der Waals surface area contributed by atoms with Gasteiger partial charge in [-0.15, -0.1) is 0 Å². The van der Waals surface area contributed by atoms with E-state index in [1.165, 1.54) is 12.1 Å². The van der Waals surface area contributed by atoms with Crippen LogP contribution < -0.4 is 0 Å². The van der Waals surface area contributed by atoms with E-state index in [1.807, 2.05) is 13.8 Å². The standard InChI is InChI=1S/C13H18FNO4/c1-10(2)8-18-6-7-19-9-11-4-3-5-12(13(11)14)15(16)17/h3-5,10H,6-9H2,1-2H3. The average Bonchev–Trinajstić information content (AvgIpc) is 2.34. The Morgan fingerprint density at radius 3 is 2.63 bits per heavy atom. The SMILES string of the molecule is CC(C)COCCOCc1cccc([N+](=O)[O-])c1F. The van der Waals surface area contributed by atoms with E-state index in [0.29, 0.717) is 25.7 Å². The van der Waals surface area contributed by atoms with Gasteiger partial charge in [-0.05, 0) is 5.92 Å². The quantitative estimate of drug-likeness (QED) is 0.414. The molecule has 0 N–H and O–H groups in total. The van der Waals surface area contributed by atoms with Gasteiger partial charge >= 0.3 is 5.69 Å². The van der Waals surface area contributed by atoms with Crippen LogP contribution in [-0.2, 0) is 16.1 Å². The predicted molar refractivity (Wildman–Crippen MR) is 68.4 cm³/mol. The Morgan fingerprint density at radius 1 is 1.32 bits per heavy atom. The molecule has 0 radical (unpaired) electrons. The highest BCUT2D eigenvalue weighted by molar-refractivity contribution is 5.36. The van der Waals surface area contributed by atoms with E-state index in [0.717, 1.165) is 6.07 Å². The maximum atomic E-state index is 13.7. The third kappa shape index (κ3) is 5.32. The molecule has 0 heterocycles. The molecule has 1 aromatic carbocycles. The minimum Gasteiger partial charge on any atom is -0.379 e. The molecule has 6 heteroatoms. The van der Waals surface area contributed by atoms with Crippen molar-refractivity contribution < 1.29 is 18.8 Å². The van der Waals surface area contributed by atoms with Gasteiger partial charge in [0.05, 0.1) is 24.7 Å². The Labute approximate surface area is 111 Å². The van der Waals surface area contributed by atoms with Gasteiger partial charge in [0.15, 0.2) is 0 Å². The van der Waals surface area contributed by atoms with Crippen LogP contribution in [0.2, 0.25) is 0 Å². The molecule has 0 amide bonds. The molecule has 0 atom stereocenters. The first-order valence-electron chi connectivity index (χ1n) is 6.09. The topological polar surface area (TPSA) is 61.6 Å². The highest BCUT2D eigenvalue weighted by Gasteiger charge is 2.16. The molecular weight excluding hydrogens is 253 g/mol.